The largest absolute Gasteiger partial charge is 0.352 e. The average molecular weight is 387 g/mol. The number of likely N-dealkylation sites (tertiary alicyclic amines) is 1. The zero-order valence-corrected chi connectivity index (χ0v) is 15.8. The Bertz CT molecular complexity index is 730. The van der Waals surface area contributed by atoms with Crippen LogP contribution in [0.25, 0.3) is 0 Å². The summed E-state index contributed by atoms with van der Waals surface area (Å²) in [6, 6.07) is 3.70. The Labute approximate surface area is 163 Å². The lowest BCUT2D eigenvalue weighted by molar-refractivity contribution is -0.124. The highest BCUT2D eigenvalue weighted by molar-refractivity contribution is 6.31. The monoisotopic (exact) mass is 386 g/mol. The minimum Gasteiger partial charge on any atom is -0.352 e. The van der Waals surface area contributed by atoms with Crippen molar-refractivity contribution in [3.05, 3.63) is 34.6 Å². The number of hydrogen-bond donors (Lipinski definition) is 2. The van der Waals surface area contributed by atoms with E-state index in [2.05, 4.69) is 10.6 Å². The molecule has 0 aliphatic carbocycles. The third-order valence-corrected chi connectivity index (χ3v) is 4.42. The Morgan fingerprint density at radius 1 is 1.35 bits per heavy atom. The maximum absolute atomic E-state index is 13.4. The van der Waals surface area contributed by atoms with E-state index in [4.69, 9.17) is 15.7 Å². The summed E-state index contributed by atoms with van der Waals surface area (Å²) in [5.41, 5.74) is -1.10. The number of carbonyl (C=O) groups excluding carboxylic acids is 2. The zero-order chi connectivity index (χ0) is 21.8. The summed E-state index contributed by atoms with van der Waals surface area (Å²) >= 11 is 5.78. The van der Waals surface area contributed by atoms with Crippen LogP contribution in [0.5, 0.6) is 0 Å². The molecule has 2 rings (SSSR count). The van der Waals surface area contributed by atoms with E-state index in [1.54, 1.807) is 0 Å². The van der Waals surface area contributed by atoms with Crippen LogP contribution in [0.3, 0.4) is 0 Å². The summed E-state index contributed by atoms with van der Waals surface area (Å²) in [5, 5.41) is 5.55. The van der Waals surface area contributed by atoms with E-state index in [9.17, 15) is 14.0 Å². The van der Waals surface area contributed by atoms with Crippen LogP contribution < -0.4 is 10.6 Å². The van der Waals surface area contributed by atoms with Crippen molar-refractivity contribution >= 4 is 23.4 Å². The van der Waals surface area contributed by atoms with Crippen molar-refractivity contribution in [1.82, 2.24) is 15.5 Å². The average Bonchev–Trinajstić information content (AvgIpc) is 2.58. The quantitative estimate of drug-likeness (QED) is 0.818. The van der Waals surface area contributed by atoms with Crippen molar-refractivity contribution in [2.24, 2.45) is 5.92 Å². The van der Waals surface area contributed by atoms with Crippen LogP contribution in [0.15, 0.2) is 18.2 Å². The summed E-state index contributed by atoms with van der Waals surface area (Å²) in [5.74, 6) is -1.00. The van der Waals surface area contributed by atoms with Crippen LogP contribution in [0, 0.1) is 11.7 Å². The van der Waals surface area contributed by atoms with Gasteiger partial charge in [-0.3, -0.25) is 14.5 Å². The number of halogens is 2. The number of nitrogens with one attached hydrogen (secondary N) is 2. The highest BCUT2D eigenvalue weighted by Gasteiger charge is 2.23. The zero-order valence-electron chi connectivity index (χ0n) is 18.1. The maximum atomic E-state index is 13.4. The van der Waals surface area contributed by atoms with Gasteiger partial charge in [0.2, 0.25) is 5.91 Å². The van der Waals surface area contributed by atoms with Crippen molar-refractivity contribution in [2.75, 3.05) is 26.2 Å². The summed E-state index contributed by atoms with van der Waals surface area (Å²) in [4.78, 5) is 26.3. The molecule has 1 aromatic carbocycles. The maximum Gasteiger partial charge on any atom is 0.251 e. The molecule has 0 radical (unpaired) electrons. The van der Waals surface area contributed by atoms with E-state index >= 15 is 0 Å². The Morgan fingerprint density at radius 2 is 2.04 bits per heavy atom. The number of rotatable bonds is 5. The number of nitrogens with zero attached hydrogens (tertiary/aromatic N) is 1. The summed E-state index contributed by atoms with van der Waals surface area (Å²) in [7, 11) is 0. The molecule has 2 amide bonds. The first kappa shape index (κ1) is 16.5. The molecule has 1 aromatic rings. The molecule has 1 aliphatic heterocycles. The van der Waals surface area contributed by atoms with Gasteiger partial charge in [0, 0.05) is 26.8 Å². The Balaban J connectivity index is 1.75. The molecule has 0 saturated carbocycles. The van der Waals surface area contributed by atoms with E-state index in [-0.39, 0.29) is 34.9 Å². The SMILES string of the molecule is [2H]C([2H])([2H])C(C)(C)NC(=O)CN1CCC(CNC(=O)c2cc(F)cc(Cl)c2)CC1. The molecule has 1 aliphatic rings. The predicted octanol–water partition coefficient (Wildman–Crippen LogP) is 2.84. The number of hydrogen-bond acceptors (Lipinski definition) is 3. The second-order valence-corrected chi connectivity index (χ2v) is 7.70. The van der Waals surface area contributed by atoms with Crippen molar-refractivity contribution in [3.63, 3.8) is 0 Å². The number of piperidine rings is 1. The highest BCUT2D eigenvalue weighted by Crippen LogP contribution is 2.17. The minimum atomic E-state index is -2.28. The topological polar surface area (TPSA) is 61.4 Å². The molecule has 1 fully saturated rings. The van der Waals surface area contributed by atoms with Crippen LogP contribution in [-0.2, 0) is 4.79 Å². The third kappa shape index (κ3) is 6.92. The van der Waals surface area contributed by atoms with Gasteiger partial charge in [-0.05, 0) is 70.7 Å². The molecule has 0 atom stereocenters. The highest BCUT2D eigenvalue weighted by atomic mass is 35.5. The van der Waals surface area contributed by atoms with Crippen molar-refractivity contribution in [1.29, 1.82) is 0 Å². The molecule has 144 valence electrons. The fraction of sp³-hybridized carbons (Fsp3) is 0.579. The van der Waals surface area contributed by atoms with Gasteiger partial charge in [0.25, 0.3) is 5.91 Å². The molecule has 7 heteroatoms. The fourth-order valence-electron chi connectivity index (χ4n) is 2.96. The molecule has 1 heterocycles. The molecule has 0 unspecified atom stereocenters. The normalized spacial score (nSPS) is 18.5. The first-order chi connectivity index (χ1) is 13.4. The van der Waals surface area contributed by atoms with Gasteiger partial charge >= 0.3 is 0 Å². The van der Waals surface area contributed by atoms with Gasteiger partial charge in [0.1, 0.15) is 5.82 Å². The van der Waals surface area contributed by atoms with Crippen molar-refractivity contribution < 1.29 is 18.1 Å². The lowest BCUT2D eigenvalue weighted by atomic mass is 9.96. The van der Waals surface area contributed by atoms with Gasteiger partial charge in [0.05, 0.1) is 6.54 Å². The molecule has 0 spiro atoms. The number of carbonyl (C=O) groups is 2. The predicted molar refractivity (Wildman–Crippen MR) is 101 cm³/mol. The molecular weight excluding hydrogens is 357 g/mol. The van der Waals surface area contributed by atoms with Crippen LogP contribution in [0.1, 0.15) is 48.0 Å². The second-order valence-electron chi connectivity index (χ2n) is 7.26. The molecule has 0 bridgehead atoms. The van der Waals surface area contributed by atoms with Crippen LogP contribution in [0.2, 0.25) is 5.02 Å². The Morgan fingerprint density at radius 3 is 2.65 bits per heavy atom. The van der Waals surface area contributed by atoms with E-state index in [0.717, 1.165) is 25.0 Å². The first-order valence-electron chi connectivity index (χ1n) is 10.1. The fourth-order valence-corrected chi connectivity index (χ4v) is 3.19. The second kappa shape index (κ2) is 8.82. The lowest BCUT2D eigenvalue weighted by Crippen LogP contribution is -2.48. The molecule has 5 nitrogen and oxygen atoms in total. The van der Waals surface area contributed by atoms with Crippen molar-refractivity contribution in [3.8, 4) is 0 Å². The lowest BCUT2D eigenvalue weighted by Gasteiger charge is -2.32. The molecule has 2 N–H and O–H groups in total. The van der Waals surface area contributed by atoms with E-state index < -0.39 is 18.2 Å². The molecule has 1 saturated heterocycles. The Kier molecular flexibility index (Phi) is 5.60. The van der Waals surface area contributed by atoms with Crippen LogP contribution >= 0.6 is 11.6 Å². The van der Waals surface area contributed by atoms with Gasteiger partial charge in [0.15, 0.2) is 0 Å². The first-order valence-corrected chi connectivity index (χ1v) is 9.03. The van der Waals surface area contributed by atoms with E-state index in [0.29, 0.717) is 19.6 Å². The Hall–Kier alpha value is -1.66. The van der Waals surface area contributed by atoms with Gasteiger partial charge in [-0.25, -0.2) is 4.39 Å². The molecular formula is C19H27ClFN3O2. The summed E-state index contributed by atoms with van der Waals surface area (Å²) < 4.78 is 35.8. The molecule has 0 aromatic heterocycles. The van der Waals surface area contributed by atoms with Crippen molar-refractivity contribution in [2.45, 2.75) is 39.1 Å². The van der Waals surface area contributed by atoms with E-state index in [1.807, 2.05) is 4.90 Å². The van der Waals surface area contributed by atoms with Crippen LogP contribution in [-0.4, -0.2) is 48.4 Å². The summed E-state index contributed by atoms with van der Waals surface area (Å²) in [6.45, 7) is 2.64. The summed E-state index contributed by atoms with van der Waals surface area (Å²) in [6.07, 6.45) is 1.58. The number of amides is 2. The van der Waals surface area contributed by atoms with Gasteiger partial charge < -0.3 is 10.6 Å². The number of benzene rings is 1. The van der Waals surface area contributed by atoms with E-state index in [1.165, 1.54) is 19.9 Å². The smallest absolute Gasteiger partial charge is 0.251 e. The minimum absolute atomic E-state index is 0.139. The standard InChI is InChI=1S/C19H27ClFN3O2/c1-19(2,3)23-17(25)12-24-6-4-13(5-7-24)11-22-18(26)14-8-15(20)10-16(21)9-14/h8-10,13H,4-7,11-12H2,1-3H3,(H,22,26)(H,23,25)/i1D3. The van der Waals surface area contributed by atoms with Gasteiger partial charge in [-0.2, -0.15) is 0 Å². The van der Waals surface area contributed by atoms with Gasteiger partial charge in [-0.15, -0.1) is 0 Å². The van der Waals surface area contributed by atoms with Crippen LogP contribution in [0.4, 0.5) is 4.39 Å². The van der Waals surface area contributed by atoms with Gasteiger partial charge in [-0.1, -0.05) is 11.6 Å². The molecule has 26 heavy (non-hydrogen) atoms. The third-order valence-electron chi connectivity index (χ3n) is 4.20.